The highest BCUT2D eigenvalue weighted by Gasteiger charge is 2.43. The zero-order valence-corrected chi connectivity index (χ0v) is 17.6. The molecule has 0 saturated carbocycles. The quantitative estimate of drug-likeness (QED) is 0.830. The zero-order valence-electron chi connectivity index (χ0n) is 16.8. The number of hydrogen-bond acceptors (Lipinski definition) is 5. The van der Waals surface area contributed by atoms with Gasteiger partial charge in [-0.15, -0.1) is 12.4 Å². The number of amides is 1. The molecule has 1 aromatic carbocycles. The van der Waals surface area contributed by atoms with Gasteiger partial charge >= 0.3 is 0 Å². The number of nitrogens with one attached hydrogen (secondary N) is 1. The van der Waals surface area contributed by atoms with Crippen LogP contribution in [0.1, 0.15) is 43.2 Å². The number of carbonyl (C=O) groups is 1. The number of hydrogen-bond donors (Lipinski definition) is 1. The van der Waals surface area contributed by atoms with E-state index in [1.165, 1.54) is 17.5 Å². The Morgan fingerprint density at radius 3 is 2.54 bits per heavy atom. The predicted molar refractivity (Wildman–Crippen MR) is 110 cm³/mol. The van der Waals surface area contributed by atoms with Crippen LogP contribution in [0.25, 0.3) is 0 Å². The molecule has 7 heteroatoms. The Hall–Kier alpha value is -1.50. The molecular formula is C21H31ClN2O4. The lowest BCUT2D eigenvalue weighted by atomic mass is 9.79. The van der Waals surface area contributed by atoms with Crippen molar-refractivity contribution in [2.75, 3.05) is 40.5 Å². The standard InChI is InChI=1S/C21H30N2O4.ClH/c1-25-18-13-15-6-12-27-21(16(15)14-19(18)26-2)7-10-23(11-8-21)20(24)17-5-3-4-9-22-17;/h13-14,17,22H,3-12H2,1-2H3;1H/t17-;/m0./s1. The minimum absolute atomic E-state index is 0. The van der Waals surface area contributed by atoms with Crippen molar-refractivity contribution in [2.24, 2.45) is 0 Å². The summed E-state index contributed by atoms with van der Waals surface area (Å²) in [6.07, 6.45) is 5.80. The Balaban J connectivity index is 0.00000225. The summed E-state index contributed by atoms with van der Waals surface area (Å²) in [6.45, 7) is 3.14. The van der Waals surface area contributed by atoms with E-state index in [0.29, 0.717) is 6.61 Å². The van der Waals surface area contributed by atoms with Crippen molar-refractivity contribution in [3.05, 3.63) is 23.3 Å². The van der Waals surface area contributed by atoms with Crippen LogP contribution in [-0.4, -0.2) is 57.3 Å². The van der Waals surface area contributed by atoms with Crippen LogP contribution in [0.4, 0.5) is 0 Å². The number of piperidine rings is 2. The van der Waals surface area contributed by atoms with Gasteiger partial charge in [-0.25, -0.2) is 0 Å². The molecule has 156 valence electrons. The van der Waals surface area contributed by atoms with E-state index in [0.717, 1.165) is 63.2 Å². The first-order valence-electron chi connectivity index (χ1n) is 10.1. The van der Waals surface area contributed by atoms with Gasteiger partial charge in [0.2, 0.25) is 5.91 Å². The second-order valence-electron chi connectivity index (χ2n) is 7.78. The SMILES string of the molecule is COc1cc2c(cc1OC)C1(CCN(C(=O)[C@@H]3CCCCN3)CC1)OCC2.Cl. The summed E-state index contributed by atoms with van der Waals surface area (Å²) in [5.41, 5.74) is 2.16. The highest BCUT2D eigenvalue weighted by atomic mass is 35.5. The number of methoxy groups -OCH3 is 2. The topological polar surface area (TPSA) is 60.0 Å². The number of ether oxygens (including phenoxy) is 3. The third-order valence-corrected chi connectivity index (χ3v) is 6.34. The summed E-state index contributed by atoms with van der Waals surface area (Å²) in [6, 6.07) is 4.16. The molecule has 3 heterocycles. The molecule has 2 saturated heterocycles. The molecule has 0 unspecified atom stereocenters. The lowest BCUT2D eigenvalue weighted by Gasteiger charge is -2.46. The maximum atomic E-state index is 12.8. The fourth-order valence-corrected chi connectivity index (χ4v) is 4.77. The Morgan fingerprint density at radius 2 is 1.89 bits per heavy atom. The van der Waals surface area contributed by atoms with E-state index in [9.17, 15) is 4.79 Å². The summed E-state index contributed by atoms with van der Waals surface area (Å²) in [5.74, 6) is 1.77. The molecule has 28 heavy (non-hydrogen) atoms. The molecule has 1 amide bonds. The van der Waals surface area contributed by atoms with E-state index in [4.69, 9.17) is 14.2 Å². The number of benzene rings is 1. The van der Waals surface area contributed by atoms with Crippen LogP contribution >= 0.6 is 12.4 Å². The molecule has 1 N–H and O–H groups in total. The van der Waals surface area contributed by atoms with Gasteiger partial charge in [-0.1, -0.05) is 6.42 Å². The number of nitrogens with zero attached hydrogens (tertiary/aromatic N) is 1. The van der Waals surface area contributed by atoms with Gasteiger partial charge in [0.05, 0.1) is 32.5 Å². The molecule has 1 spiro atoms. The van der Waals surface area contributed by atoms with E-state index < -0.39 is 0 Å². The maximum Gasteiger partial charge on any atom is 0.239 e. The van der Waals surface area contributed by atoms with Gasteiger partial charge in [0, 0.05) is 13.1 Å². The van der Waals surface area contributed by atoms with Crippen molar-refractivity contribution >= 4 is 18.3 Å². The fourth-order valence-electron chi connectivity index (χ4n) is 4.77. The molecule has 1 atom stereocenters. The third kappa shape index (κ3) is 3.82. The largest absolute Gasteiger partial charge is 0.493 e. The summed E-state index contributed by atoms with van der Waals surface area (Å²) in [7, 11) is 3.34. The van der Waals surface area contributed by atoms with Gasteiger partial charge in [-0.3, -0.25) is 4.79 Å². The average Bonchev–Trinajstić information content (AvgIpc) is 2.74. The van der Waals surface area contributed by atoms with E-state index >= 15 is 0 Å². The lowest BCUT2D eigenvalue weighted by Crippen LogP contribution is -2.54. The molecule has 0 aromatic heterocycles. The Morgan fingerprint density at radius 1 is 1.18 bits per heavy atom. The minimum Gasteiger partial charge on any atom is -0.493 e. The molecular weight excluding hydrogens is 380 g/mol. The van der Waals surface area contributed by atoms with Gasteiger partial charge in [-0.05, 0) is 61.9 Å². The molecule has 3 aliphatic rings. The van der Waals surface area contributed by atoms with E-state index in [1.54, 1.807) is 14.2 Å². The molecule has 3 aliphatic heterocycles. The highest BCUT2D eigenvalue weighted by molar-refractivity contribution is 5.85. The summed E-state index contributed by atoms with van der Waals surface area (Å²) >= 11 is 0. The van der Waals surface area contributed by atoms with Crippen molar-refractivity contribution in [2.45, 2.75) is 50.2 Å². The predicted octanol–water partition coefficient (Wildman–Crippen LogP) is 2.66. The van der Waals surface area contributed by atoms with Crippen LogP contribution in [0.2, 0.25) is 0 Å². The Bertz CT molecular complexity index is 698. The van der Waals surface area contributed by atoms with E-state index in [2.05, 4.69) is 17.4 Å². The van der Waals surface area contributed by atoms with Crippen LogP contribution < -0.4 is 14.8 Å². The number of halogens is 1. The van der Waals surface area contributed by atoms with Gasteiger partial charge in [-0.2, -0.15) is 0 Å². The van der Waals surface area contributed by atoms with Crippen molar-refractivity contribution < 1.29 is 19.0 Å². The zero-order chi connectivity index (χ0) is 18.9. The minimum atomic E-state index is -0.316. The van der Waals surface area contributed by atoms with Crippen LogP contribution in [0, 0.1) is 0 Å². The van der Waals surface area contributed by atoms with Crippen molar-refractivity contribution in [3.8, 4) is 11.5 Å². The first kappa shape index (κ1) is 21.2. The molecule has 0 aliphatic carbocycles. The monoisotopic (exact) mass is 410 g/mol. The van der Waals surface area contributed by atoms with E-state index in [1.807, 2.05) is 4.90 Å². The van der Waals surface area contributed by atoms with Crippen LogP contribution in [0.3, 0.4) is 0 Å². The summed E-state index contributed by atoms with van der Waals surface area (Å²) in [5, 5.41) is 3.38. The molecule has 1 aromatic rings. The fraction of sp³-hybridized carbons (Fsp3) is 0.667. The second kappa shape index (κ2) is 8.89. The number of fused-ring (bicyclic) bond motifs is 2. The van der Waals surface area contributed by atoms with Crippen LogP contribution in [0.5, 0.6) is 11.5 Å². The first-order chi connectivity index (χ1) is 13.2. The molecule has 6 nitrogen and oxygen atoms in total. The second-order valence-corrected chi connectivity index (χ2v) is 7.78. The lowest BCUT2D eigenvalue weighted by molar-refractivity contribution is -0.143. The molecule has 4 rings (SSSR count). The summed E-state index contributed by atoms with van der Waals surface area (Å²) in [4.78, 5) is 14.9. The third-order valence-electron chi connectivity index (χ3n) is 6.34. The Kier molecular flexibility index (Phi) is 6.73. The number of carbonyl (C=O) groups excluding carboxylic acids is 1. The highest BCUT2D eigenvalue weighted by Crippen LogP contribution is 2.45. The van der Waals surface area contributed by atoms with Crippen LogP contribution in [-0.2, 0) is 21.6 Å². The van der Waals surface area contributed by atoms with Crippen molar-refractivity contribution in [3.63, 3.8) is 0 Å². The maximum absolute atomic E-state index is 12.8. The summed E-state index contributed by atoms with van der Waals surface area (Å²) < 4.78 is 17.3. The van der Waals surface area contributed by atoms with Gasteiger partial charge < -0.3 is 24.4 Å². The van der Waals surface area contributed by atoms with Gasteiger partial charge in [0.1, 0.15) is 0 Å². The number of likely N-dealkylation sites (tertiary alicyclic amines) is 1. The van der Waals surface area contributed by atoms with Gasteiger partial charge in [0.25, 0.3) is 0 Å². The number of rotatable bonds is 3. The van der Waals surface area contributed by atoms with Crippen molar-refractivity contribution in [1.82, 2.24) is 10.2 Å². The average molecular weight is 411 g/mol. The van der Waals surface area contributed by atoms with E-state index in [-0.39, 0.29) is 30.0 Å². The smallest absolute Gasteiger partial charge is 0.239 e. The molecule has 0 radical (unpaired) electrons. The normalized spacial score (nSPS) is 23.5. The first-order valence-corrected chi connectivity index (χ1v) is 10.1. The van der Waals surface area contributed by atoms with Gasteiger partial charge in [0.15, 0.2) is 11.5 Å². The molecule has 2 fully saturated rings. The molecule has 0 bridgehead atoms. The van der Waals surface area contributed by atoms with Crippen LogP contribution in [0.15, 0.2) is 12.1 Å². The van der Waals surface area contributed by atoms with Crippen molar-refractivity contribution in [1.29, 1.82) is 0 Å². The Labute approximate surface area is 173 Å².